The highest BCUT2D eigenvalue weighted by Gasteiger charge is 2.18. The maximum atomic E-state index is 6.25. The zero-order valence-electron chi connectivity index (χ0n) is 15.6. The molecule has 1 aromatic rings. The Morgan fingerprint density at radius 3 is 2.76 bits per heavy atom. The maximum absolute atomic E-state index is 6.25. The highest BCUT2D eigenvalue weighted by molar-refractivity contribution is 7.98. The first-order valence-corrected chi connectivity index (χ1v) is 10.5. The molecular weight excluding hydrogens is 334 g/mol. The minimum atomic E-state index is 0.322. The normalized spacial score (nSPS) is 15.2. The fraction of sp³-hybridized carbons (Fsp3) is 0.632. The number of thioether (sulfide) groups is 1. The highest BCUT2D eigenvalue weighted by atomic mass is 32.2. The maximum Gasteiger partial charge on any atom is 0.191 e. The highest BCUT2D eigenvalue weighted by Crippen LogP contribution is 2.30. The molecule has 0 aromatic heterocycles. The van der Waals surface area contributed by atoms with E-state index in [2.05, 4.69) is 29.9 Å². The zero-order valence-corrected chi connectivity index (χ0v) is 16.5. The molecule has 1 fully saturated rings. The van der Waals surface area contributed by atoms with E-state index in [1.807, 2.05) is 23.9 Å². The van der Waals surface area contributed by atoms with E-state index in [0.29, 0.717) is 12.6 Å². The summed E-state index contributed by atoms with van der Waals surface area (Å²) in [5, 5.41) is 6.65. The molecule has 0 aliphatic heterocycles. The van der Waals surface area contributed by atoms with Gasteiger partial charge in [-0.2, -0.15) is 11.8 Å². The summed E-state index contributed by atoms with van der Waals surface area (Å²) in [6.07, 6.45) is 7.22. The number of hydrogen-bond acceptors (Lipinski definition) is 4. The van der Waals surface area contributed by atoms with Crippen LogP contribution < -0.4 is 20.1 Å². The van der Waals surface area contributed by atoms with Crippen molar-refractivity contribution in [3.8, 4) is 11.5 Å². The minimum Gasteiger partial charge on any atom is -0.497 e. The molecule has 5 nitrogen and oxygen atoms in total. The summed E-state index contributed by atoms with van der Waals surface area (Å²) in [5.74, 6) is 3.63. The van der Waals surface area contributed by atoms with Gasteiger partial charge in [-0.05, 0) is 51.0 Å². The van der Waals surface area contributed by atoms with E-state index in [1.165, 1.54) is 12.8 Å². The van der Waals surface area contributed by atoms with Gasteiger partial charge in [-0.3, -0.25) is 0 Å². The number of nitrogens with one attached hydrogen (secondary N) is 2. The van der Waals surface area contributed by atoms with Gasteiger partial charge in [0.25, 0.3) is 0 Å². The third-order valence-corrected chi connectivity index (χ3v) is 4.83. The first kappa shape index (κ1) is 19.8. The molecule has 0 amide bonds. The lowest BCUT2D eigenvalue weighted by Crippen LogP contribution is -2.38. The van der Waals surface area contributed by atoms with Gasteiger partial charge in [0.2, 0.25) is 0 Å². The summed E-state index contributed by atoms with van der Waals surface area (Å²) in [6, 6.07) is 6.01. The van der Waals surface area contributed by atoms with Gasteiger partial charge in [-0.1, -0.05) is 0 Å². The standard InChI is InChI=1S/C19H31N3O2S/c1-4-20-19(21-11-12-25-3)22-14-15-9-10-17(23-2)13-18(15)24-16-7-5-6-8-16/h9-10,13,16H,4-8,11-12,14H2,1-3H3,(H2,20,21,22). The lowest BCUT2D eigenvalue weighted by Gasteiger charge is -2.17. The molecule has 0 bridgehead atoms. The van der Waals surface area contributed by atoms with Crippen molar-refractivity contribution in [1.82, 2.24) is 10.6 Å². The molecule has 0 saturated heterocycles. The molecule has 0 spiro atoms. The van der Waals surface area contributed by atoms with Gasteiger partial charge in [-0.25, -0.2) is 4.99 Å². The van der Waals surface area contributed by atoms with Crippen LogP contribution in [0.15, 0.2) is 23.2 Å². The van der Waals surface area contributed by atoms with Crippen LogP contribution in [0.2, 0.25) is 0 Å². The molecule has 1 aliphatic rings. The van der Waals surface area contributed by atoms with Crippen molar-refractivity contribution in [2.24, 2.45) is 4.99 Å². The fourth-order valence-corrected chi connectivity index (χ4v) is 3.17. The van der Waals surface area contributed by atoms with Gasteiger partial charge in [0.1, 0.15) is 11.5 Å². The number of rotatable bonds is 9. The van der Waals surface area contributed by atoms with Crippen LogP contribution in [-0.4, -0.2) is 44.3 Å². The van der Waals surface area contributed by atoms with E-state index in [0.717, 1.165) is 54.7 Å². The summed E-state index contributed by atoms with van der Waals surface area (Å²) in [7, 11) is 1.69. The smallest absolute Gasteiger partial charge is 0.191 e. The summed E-state index contributed by atoms with van der Waals surface area (Å²) in [5.41, 5.74) is 1.09. The van der Waals surface area contributed by atoms with Crippen LogP contribution in [0.3, 0.4) is 0 Å². The topological polar surface area (TPSA) is 54.9 Å². The Labute approximate surface area is 156 Å². The third kappa shape index (κ3) is 6.69. The van der Waals surface area contributed by atoms with Crippen LogP contribution >= 0.6 is 11.8 Å². The van der Waals surface area contributed by atoms with Crippen molar-refractivity contribution in [2.45, 2.75) is 45.3 Å². The summed E-state index contributed by atoms with van der Waals surface area (Å²) in [6.45, 7) is 4.41. The Morgan fingerprint density at radius 2 is 2.08 bits per heavy atom. The number of aliphatic imine (C=N–C) groups is 1. The van der Waals surface area contributed by atoms with Crippen LogP contribution in [-0.2, 0) is 6.54 Å². The lowest BCUT2D eigenvalue weighted by atomic mass is 10.2. The van der Waals surface area contributed by atoms with Crippen molar-refractivity contribution < 1.29 is 9.47 Å². The second-order valence-corrected chi connectivity index (χ2v) is 7.10. The van der Waals surface area contributed by atoms with Gasteiger partial charge in [-0.15, -0.1) is 0 Å². The van der Waals surface area contributed by atoms with Crippen LogP contribution in [0, 0.1) is 0 Å². The molecule has 2 rings (SSSR count). The van der Waals surface area contributed by atoms with Gasteiger partial charge in [0.05, 0.1) is 19.8 Å². The van der Waals surface area contributed by atoms with E-state index in [9.17, 15) is 0 Å². The lowest BCUT2D eigenvalue weighted by molar-refractivity contribution is 0.207. The minimum absolute atomic E-state index is 0.322. The molecule has 6 heteroatoms. The monoisotopic (exact) mass is 365 g/mol. The molecule has 140 valence electrons. The van der Waals surface area contributed by atoms with Crippen molar-refractivity contribution in [2.75, 3.05) is 32.2 Å². The molecule has 25 heavy (non-hydrogen) atoms. The van der Waals surface area contributed by atoms with Crippen molar-refractivity contribution in [3.63, 3.8) is 0 Å². The molecular formula is C19H31N3O2S. The van der Waals surface area contributed by atoms with Crippen molar-refractivity contribution in [1.29, 1.82) is 0 Å². The zero-order chi connectivity index (χ0) is 17.9. The van der Waals surface area contributed by atoms with Crippen LogP contribution in [0.5, 0.6) is 11.5 Å². The molecule has 0 radical (unpaired) electrons. The van der Waals surface area contributed by atoms with E-state index < -0.39 is 0 Å². The van der Waals surface area contributed by atoms with E-state index in [-0.39, 0.29) is 0 Å². The van der Waals surface area contributed by atoms with E-state index >= 15 is 0 Å². The number of methoxy groups -OCH3 is 1. The Hall–Kier alpha value is -1.56. The summed E-state index contributed by atoms with van der Waals surface area (Å²) < 4.78 is 11.6. The van der Waals surface area contributed by atoms with Crippen LogP contribution in [0.4, 0.5) is 0 Å². The predicted molar refractivity (Wildman–Crippen MR) is 107 cm³/mol. The average Bonchev–Trinajstić information content (AvgIpc) is 3.13. The number of nitrogens with zero attached hydrogens (tertiary/aromatic N) is 1. The fourth-order valence-electron chi connectivity index (χ4n) is 2.87. The molecule has 1 aromatic carbocycles. The summed E-state index contributed by atoms with van der Waals surface area (Å²) in [4.78, 5) is 4.71. The molecule has 0 unspecified atom stereocenters. The van der Waals surface area contributed by atoms with E-state index in [1.54, 1.807) is 7.11 Å². The Balaban J connectivity index is 2.08. The van der Waals surface area contributed by atoms with Gasteiger partial charge in [0, 0.05) is 30.5 Å². The predicted octanol–water partition coefficient (Wildman–Crippen LogP) is 3.43. The average molecular weight is 366 g/mol. The first-order valence-electron chi connectivity index (χ1n) is 9.11. The van der Waals surface area contributed by atoms with E-state index in [4.69, 9.17) is 14.5 Å². The molecule has 1 saturated carbocycles. The van der Waals surface area contributed by atoms with Crippen molar-refractivity contribution >= 4 is 17.7 Å². The Kier molecular flexibility index (Phi) is 8.80. The quantitative estimate of drug-likeness (QED) is 0.399. The number of ether oxygens (including phenoxy) is 2. The molecule has 0 atom stereocenters. The molecule has 1 aliphatic carbocycles. The second kappa shape index (κ2) is 11.1. The number of guanidine groups is 1. The van der Waals surface area contributed by atoms with Crippen molar-refractivity contribution in [3.05, 3.63) is 23.8 Å². The molecule has 2 N–H and O–H groups in total. The molecule has 0 heterocycles. The Morgan fingerprint density at radius 1 is 1.28 bits per heavy atom. The van der Waals surface area contributed by atoms with Gasteiger partial charge >= 0.3 is 0 Å². The number of hydrogen-bond donors (Lipinski definition) is 2. The largest absolute Gasteiger partial charge is 0.497 e. The number of benzene rings is 1. The van der Waals surface area contributed by atoms with Crippen LogP contribution in [0.25, 0.3) is 0 Å². The first-order chi connectivity index (χ1) is 12.3. The summed E-state index contributed by atoms with van der Waals surface area (Å²) >= 11 is 1.82. The van der Waals surface area contributed by atoms with Crippen LogP contribution in [0.1, 0.15) is 38.2 Å². The van der Waals surface area contributed by atoms with Gasteiger partial charge in [0.15, 0.2) is 5.96 Å². The third-order valence-electron chi connectivity index (χ3n) is 4.22. The second-order valence-electron chi connectivity index (χ2n) is 6.11. The Bertz CT molecular complexity index is 545. The van der Waals surface area contributed by atoms with Gasteiger partial charge < -0.3 is 20.1 Å². The SMILES string of the molecule is CCNC(=NCc1ccc(OC)cc1OC1CCCC1)NCCSC.